The van der Waals surface area contributed by atoms with E-state index >= 15 is 0 Å². The molecule has 7 rings (SSSR count). The third kappa shape index (κ3) is 7.46. The third-order valence-corrected chi connectivity index (χ3v) is 11.2. The molecule has 3 aromatic rings. The van der Waals surface area contributed by atoms with Crippen LogP contribution in [-0.4, -0.2) is 86.0 Å². The number of carboxylic acid groups (broad SMARTS) is 1. The van der Waals surface area contributed by atoms with Crippen LogP contribution in [0.3, 0.4) is 0 Å². The fourth-order valence-corrected chi connectivity index (χ4v) is 8.19. The Kier molecular flexibility index (Phi) is 10.0. The van der Waals surface area contributed by atoms with Crippen molar-refractivity contribution >= 4 is 52.0 Å². The molecule has 1 saturated heterocycles. The number of benzene rings is 1. The largest absolute Gasteiger partial charge is 0.475 e. The number of nitrogens with zero attached hydrogens (tertiary/aromatic N) is 3. The predicted molar refractivity (Wildman–Crippen MR) is 187 cm³/mol. The first-order valence-electron chi connectivity index (χ1n) is 17.7. The molecule has 2 aliphatic carbocycles. The molecule has 13 nitrogen and oxygen atoms in total. The highest BCUT2D eigenvalue weighted by Crippen LogP contribution is 2.46. The smallest absolute Gasteiger partial charge is 0.408 e. The topological polar surface area (TPSA) is 177 Å². The number of nitrogens with one attached hydrogen (secondary N) is 2. The SMILES string of the molecule is O=C(N[C@@H]1CCCCC/C=C\[C@@H]2C[C@]2(C(=O)C(=O)O)NC(=O)[C@@H]2C[C@H](Oc3nc4ccccc4nc3-c3cccs3)CN2C1=O)OC1CCCC1. The van der Waals surface area contributed by atoms with E-state index in [1.807, 2.05) is 47.9 Å². The quantitative estimate of drug-likeness (QED) is 0.228. The summed E-state index contributed by atoms with van der Waals surface area (Å²) in [6.45, 7) is -0.0195. The van der Waals surface area contributed by atoms with Gasteiger partial charge in [-0.05, 0) is 74.9 Å². The minimum absolute atomic E-state index is 0.0195. The molecule has 0 bridgehead atoms. The van der Waals surface area contributed by atoms with E-state index in [0.29, 0.717) is 36.0 Å². The summed E-state index contributed by atoms with van der Waals surface area (Å²) in [5, 5.41) is 17.1. The van der Waals surface area contributed by atoms with Crippen LogP contribution in [0.25, 0.3) is 21.6 Å². The zero-order valence-corrected chi connectivity index (χ0v) is 28.9. The molecule has 4 heterocycles. The van der Waals surface area contributed by atoms with Gasteiger partial charge in [-0.15, -0.1) is 11.3 Å². The Morgan fingerprint density at radius 2 is 1.73 bits per heavy atom. The van der Waals surface area contributed by atoms with Crippen LogP contribution < -0.4 is 15.4 Å². The number of rotatable bonds is 7. The fourth-order valence-electron chi connectivity index (χ4n) is 7.49. The van der Waals surface area contributed by atoms with Crippen LogP contribution >= 0.6 is 11.3 Å². The summed E-state index contributed by atoms with van der Waals surface area (Å²) in [5.74, 6) is -4.10. The van der Waals surface area contributed by atoms with Gasteiger partial charge >= 0.3 is 12.1 Å². The molecule has 3 N–H and O–H groups in total. The maximum absolute atomic E-state index is 14.4. The number of ether oxygens (including phenoxy) is 2. The van der Waals surface area contributed by atoms with E-state index in [2.05, 4.69) is 10.6 Å². The molecule has 3 fully saturated rings. The Labute approximate surface area is 298 Å². The van der Waals surface area contributed by atoms with Gasteiger partial charge in [-0.2, -0.15) is 0 Å². The van der Waals surface area contributed by atoms with Crippen LogP contribution in [0, 0.1) is 5.92 Å². The highest BCUT2D eigenvalue weighted by molar-refractivity contribution is 7.13. The van der Waals surface area contributed by atoms with E-state index in [4.69, 9.17) is 19.4 Å². The van der Waals surface area contributed by atoms with Gasteiger partial charge in [0.1, 0.15) is 35.5 Å². The number of aliphatic carboxylic acids is 1. The minimum atomic E-state index is -1.63. The minimum Gasteiger partial charge on any atom is -0.475 e. The molecule has 268 valence electrons. The fraction of sp³-hybridized carbons (Fsp3) is 0.486. The van der Waals surface area contributed by atoms with E-state index in [-0.39, 0.29) is 31.4 Å². The standard InChI is InChI=1S/C37H41N5O8S/c43-31(35(46)47)37-20-22(37)11-4-2-1-3-5-16-27(40-36(48)50-23-12-6-7-13-23)34(45)42-21-24(19-28(42)32(44)41-37)49-33-30(29-17-10-18-51-29)38-25-14-8-9-15-26(25)39-33/h4,8-11,14-15,17-18,22-24,27-28H,1-3,5-7,12-13,16,19-21H2,(H,40,48)(H,41,44)(H,46,47)/b11-4-/t22-,24+,27-,28+,37+/m1/s1. The van der Waals surface area contributed by atoms with Crippen molar-refractivity contribution < 1.29 is 38.6 Å². The van der Waals surface area contributed by atoms with Crippen LogP contribution in [0.4, 0.5) is 4.79 Å². The predicted octanol–water partition coefficient (Wildman–Crippen LogP) is 4.79. The normalized spacial score (nSPS) is 27.7. The molecule has 51 heavy (non-hydrogen) atoms. The van der Waals surface area contributed by atoms with Crippen molar-refractivity contribution in [2.75, 3.05) is 6.54 Å². The van der Waals surface area contributed by atoms with E-state index in [1.54, 1.807) is 6.08 Å². The van der Waals surface area contributed by atoms with Crippen molar-refractivity contribution in [1.29, 1.82) is 0 Å². The number of para-hydroxylation sites is 2. The number of thiophene rings is 1. The van der Waals surface area contributed by atoms with Crippen LogP contribution in [-0.2, 0) is 23.9 Å². The highest BCUT2D eigenvalue weighted by atomic mass is 32.1. The summed E-state index contributed by atoms with van der Waals surface area (Å²) in [7, 11) is 0. The van der Waals surface area contributed by atoms with Crippen molar-refractivity contribution in [3.8, 4) is 16.5 Å². The molecule has 4 aliphatic rings. The average molecular weight is 716 g/mol. The van der Waals surface area contributed by atoms with Crippen LogP contribution in [0.5, 0.6) is 5.88 Å². The zero-order chi connectivity index (χ0) is 35.5. The lowest BCUT2D eigenvalue weighted by atomic mass is 10.0. The van der Waals surface area contributed by atoms with E-state index in [0.717, 1.165) is 43.4 Å². The number of alkyl carbamates (subject to hydrolysis) is 1. The van der Waals surface area contributed by atoms with Crippen LogP contribution in [0.2, 0.25) is 0 Å². The van der Waals surface area contributed by atoms with Crippen molar-refractivity contribution in [3.63, 3.8) is 0 Å². The van der Waals surface area contributed by atoms with Crippen LogP contribution in [0.1, 0.15) is 70.6 Å². The first-order chi connectivity index (χ1) is 24.7. The summed E-state index contributed by atoms with van der Waals surface area (Å²) >= 11 is 1.47. The molecule has 0 spiro atoms. The van der Waals surface area contributed by atoms with E-state index in [9.17, 15) is 29.1 Å². The van der Waals surface area contributed by atoms with Crippen LogP contribution in [0.15, 0.2) is 53.9 Å². The van der Waals surface area contributed by atoms with Gasteiger partial charge in [-0.1, -0.05) is 43.2 Å². The summed E-state index contributed by atoms with van der Waals surface area (Å²) in [4.78, 5) is 78.4. The maximum Gasteiger partial charge on any atom is 0.408 e. The number of carbonyl (C=O) groups is 5. The molecule has 1 aromatic carbocycles. The Bertz CT molecular complexity index is 1840. The molecular weight excluding hydrogens is 675 g/mol. The Morgan fingerprint density at radius 3 is 2.47 bits per heavy atom. The van der Waals surface area contributed by atoms with Crippen molar-refractivity contribution in [2.45, 2.75) is 100 Å². The van der Waals surface area contributed by atoms with Gasteiger partial charge in [-0.25, -0.2) is 19.6 Å². The number of amides is 3. The third-order valence-electron chi connectivity index (χ3n) is 10.3. The lowest BCUT2D eigenvalue weighted by Crippen LogP contribution is -2.57. The van der Waals surface area contributed by atoms with E-state index < -0.39 is 59.3 Å². The van der Waals surface area contributed by atoms with Crippen molar-refractivity contribution in [3.05, 3.63) is 53.9 Å². The molecule has 0 unspecified atom stereocenters. The molecular formula is C37H41N5O8S. The number of hydrogen-bond acceptors (Lipinski definition) is 10. The number of carboxylic acids is 1. The number of aromatic nitrogens is 2. The first-order valence-corrected chi connectivity index (χ1v) is 18.6. The van der Waals surface area contributed by atoms with Gasteiger partial charge in [0.25, 0.3) is 5.78 Å². The van der Waals surface area contributed by atoms with E-state index in [1.165, 1.54) is 16.2 Å². The monoisotopic (exact) mass is 715 g/mol. The second-order valence-corrected chi connectivity index (χ2v) is 14.8. The number of ketones is 1. The van der Waals surface area contributed by atoms with Gasteiger partial charge < -0.3 is 30.1 Å². The molecule has 2 aromatic heterocycles. The second-order valence-electron chi connectivity index (χ2n) is 13.8. The van der Waals surface area contributed by atoms with Gasteiger partial charge in [0.05, 0.1) is 22.5 Å². The molecule has 2 saturated carbocycles. The Morgan fingerprint density at radius 1 is 0.961 bits per heavy atom. The number of fused-ring (bicyclic) bond motifs is 3. The molecule has 14 heteroatoms. The number of hydrogen-bond donors (Lipinski definition) is 3. The lowest BCUT2D eigenvalue weighted by molar-refractivity contribution is -0.151. The van der Waals surface area contributed by atoms with Gasteiger partial charge in [0, 0.05) is 12.3 Å². The summed E-state index contributed by atoms with van der Waals surface area (Å²) < 4.78 is 12.1. The zero-order valence-electron chi connectivity index (χ0n) is 28.1. The van der Waals surface area contributed by atoms with Gasteiger partial charge in [-0.3, -0.25) is 14.4 Å². The Balaban J connectivity index is 1.20. The molecule has 2 aliphatic heterocycles. The van der Waals surface area contributed by atoms with Gasteiger partial charge in [0.15, 0.2) is 0 Å². The molecule has 0 radical (unpaired) electrons. The second kappa shape index (κ2) is 14.8. The maximum atomic E-state index is 14.4. The number of carbonyl (C=O) groups excluding carboxylic acids is 4. The Hall–Kier alpha value is -4.85. The van der Waals surface area contributed by atoms with Gasteiger partial charge in [0.2, 0.25) is 17.7 Å². The highest BCUT2D eigenvalue weighted by Gasteiger charge is 2.62. The molecule has 3 amide bonds. The average Bonchev–Trinajstić information content (AvgIpc) is 3.62. The number of Topliss-reactive ketones (excluding diaryl/α,β-unsaturated/α-hetero) is 1. The van der Waals surface area contributed by atoms with Crippen molar-refractivity contribution in [1.82, 2.24) is 25.5 Å². The first kappa shape index (κ1) is 34.6. The van der Waals surface area contributed by atoms with Crippen molar-refractivity contribution in [2.24, 2.45) is 5.92 Å². The summed E-state index contributed by atoms with van der Waals surface area (Å²) in [5.41, 5.74) is 0.214. The number of allylic oxidation sites excluding steroid dienone is 1. The summed E-state index contributed by atoms with van der Waals surface area (Å²) in [6.07, 6.45) is 9.04. The molecule has 5 atom stereocenters. The lowest BCUT2D eigenvalue weighted by Gasteiger charge is -2.29. The summed E-state index contributed by atoms with van der Waals surface area (Å²) in [6, 6.07) is 9.12.